The lowest BCUT2D eigenvalue weighted by molar-refractivity contribution is -0.143. The largest absolute Gasteiger partial charge is 0.444 e. The summed E-state index contributed by atoms with van der Waals surface area (Å²) in [6.45, 7) is 5.32. The van der Waals surface area contributed by atoms with E-state index in [1.165, 1.54) is 0 Å². The molecule has 0 heterocycles. The summed E-state index contributed by atoms with van der Waals surface area (Å²) in [6, 6.07) is 0. The van der Waals surface area contributed by atoms with Crippen molar-refractivity contribution in [2.45, 2.75) is 32.4 Å². The summed E-state index contributed by atoms with van der Waals surface area (Å²) >= 11 is 0. The fourth-order valence-corrected chi connectivity index (χ4v) is 0.662. The minimum Gasteiger partial charge on any atom is -0.444 e. The summed E-state index contributed by atoms with van der Waals surface area (Å²) in [5, 5.41) is 0. The van der Waals surface area contributed by atoms with Crippen LogP contribution >= 0.6 is 0 Å². The Labute approximate surface area is 67.2 Å². The Hall–Kier alpha value is -0.830. The van der Waals surface area contributed by atoms with Crippen LogP contribution in [0.15, 0.2) is 12.7 Å². The molecule has 3 nitrogen and oxygen atoms in total. The third-order valence-corrected chi connectivity index (χ3v) is 1.28. The summed E-state index contributed by atoms with van der Waals surface area (Å²) < 4.78 is 4.72. The number of nitrogens with two attached hydrogens (primary N) is 1. The lowest BCUT2D eigenvalue weighted by atomic mass is 10.2. The predicted molar refractivity (Wildman–Crippen MR) is 43.8 cm³/mol. The molecule has 0 bridgehead atoms. The van der Waals surface area contributed by atoms with Crippen LogP contribution in [-0.4, -0.2) is 12.2 Å². The Balaban J connectivity index is 3.43. The minimum absolute atomic E-state index is 0.450. The molecule has 0 aromatic rings. The van der Waals surface area contributed by atoms with Crippen LogP contribution in [0.25, 0.3) is 0 Å². The smallest absolute Gasteiger partial charge is 0.331 e. The van der Waals surface area contributed by atoms with Crippen molar-refractivity contribution < 1.29 is 9.53 Å². The summed E-state index contributed by atoms with van der Waals surface area (Å²) in [6.07, 6.45) is 3.40. The van der Waals surface area contributed by atoms with Crippen molar-refractivity contribution in [1.29, 1.82) is 0 Å². The zero-order chi connectivity index (χ0) is 8.69. The van der Waals surface area contributed by atoms with E-state index in [-0.39, 0.29) is 0 Å². The molecule has 0 aliphatic heterocycles. The zero-order valence-electron chi connectivity index (χ0n) is 6.88. The molecular formula is C8H15NO2. The third kappa shape index (κ3) is 5.61. The first-order valence-electron chi connectivity index (χ1n) is 3.79. The lowest BCUT2D eigenvalue weighted by Gasteiger charge is -2.09. The van der Waals surface area contributed by atoms with Crippen molar-refractivity contribution in [3.05, 3.63) is 12.7 Å². The van der Waals surface area contributed by atoms with Gasteiger partial charge in [0.1, 0.15) is 0 Å². The van der Waals surface area contributed by atoms with Gasteiger partial charge in [0.05, 0.1) is 0 Å². The van der Waals surface area contributed by atoms with Crippen molar-refractivity contribution in [1.82, 2.24) is 0 Å². The maximum Gasteiger partial charge on any atom is 0.331 e. The van der Waals surface area contributed by atoms with E-state index < -0.39 is 12.2 Å². The van der Waals surface area contributed by atoms with Gasteiger partial charge in [-0.05, 0) is 12.8 Å². The van der Waals surface area contributed by atoms with Crippen LogP contribution in [0.1, 0.15) is 26.2 Å². The molecule has 0 radical (unpaired) electrons. The molecule has 0 aromatic heterocycles. The van der Waals surface area contributed by atoms with E-state index in [0.717, 1.165) is 25.3 Å². The van der Waals surface area contributed by atoms with Gasteiger partial charge >= 0.3 is 5.97 Å². The Bertz CT molecular complexity index is 134. The van der Waals surface area contributed by atoms with E-state index in [0.29, 0.717) is 0 Å². The van der Waals surface area contributed by atoms with Gasteiger partial charge in [-0.25, -0.2) is 4.79 Å². The molecule has 0 saturated carbocycles. The number of hydrogen-bond acceptors (Lipinski definition) is 3. The molecular weight excluding hydrogens is 142 g/mol. The molecule has 0 spiro atoms. The molecule has 1 unspecified atom stereocenters. The van der Waals surface area contributed by atoms with Crippen LogP contribution in [0, 0.1) is 0 Å². The molecule has 11 heavy (non-hydrogen) atoms. The quantitative estimate of drug-likeness (QED) is 0.370. The first kappa shape index (κ1) is 10.2. The maximum absolute atomic E-state index is 10.6. The second-order valence-electron chi connectivity index (χ2n) is 2.32. The molecule has 3 heteroatoms. The van der Waals surface area contributed by atoms with E-state index in [1.54, 1.807) is 0 Å². The van der Waals surface area contributed by atoms with E-state index in [4.69, 9.17) is 10.5 Å². The van der Waals surface area contributed by atoms with Crippen molar-refractivity contribution in [3.63, 3.8) is 0 Å². The SMILES string of the molecule is C=CC(=O)OC(N)CCCC. The molecule has 0 aromatic carbocycles. The van der Waals surface area contributed by atoms with Crippen molar-refractivity contribution >= 4 is 5.97 Å². The standard InChI is InChI=1S/C8H15NO2/c1-3-5-6-7(9)11-8(10)4-2/h4,7H,2-3,5-6,9H2,1H3. The zero-order valence-corrected chi connectivity index (χ0v) is 6.88. The first-order valence-corrected chi connectivity index (χ1v) is 3.79. The van der Waals surface area contributed by atoms with Gasteiger partial charge in [0.15, 0.2) is 6.23 Å². The highest BCUT2D eigenvalue weighted by Crippen LogP contribution is 1.99. The van der Waals surface area contributed by atoms with E-state index in [1.807, 2.05) is 0 Å². The van der Waals surface area contributed by atoms with Crippen LogP contribution in [-0.2, 0) is 9.53 Å². The molecule has 1 atom stereocenters. The lowest BCUT2D eigenvalue weighted by Crippen LogP contribution is -2.26. The predicted octanol–water partition coefficient (Wildman–Crippen LogP) is 1.19. The number of ether oxygens (including phenoxy) is 1. The van der Waals surface area contributed by atoms with E-state index >= 15 is 0 Å². The number of hydrogen-bond donors (Lipinski definition) is 1. The van der Waals surface area contributed by atoms with Crippen LogP contribution < -0.4 is 5.73 Å². The monoisotopic (exact) mass is 157 g/mol. The maximum atomic E-state index is 10.6. The summed E-state index contributed by atoms with van der Waals surface area (Å²) in [5.41, 5.74) is 5.45. The molecule has 64 valence electrons. The number of carbonyl (C=O) groups excluding carboxylic acids is 1. The van der Waals surface area contributed by atoms with Gasteiger partial charge in [-0.1, -0.05) is 19.9 Å². The fourth-order valence-electron chi connectivity index (χ4n) is 0.662. The molecule has 0 rings (SSSR count). The number of unbranched alkanes of at least 4 members (excludes halogenated alkanes) is 1. The van der Waals surface area contributed by atoms with E-state index in [9.17, 15) is 4.79 Å². The van der Waals surface area contributed by atoms with Crippen LogP contribution in [0.3, 0.4) is 0 Å². The topological polar surface area (TPSA) is 52.3 Å². The summed E-state index contributed by atoms with van der Waals surface area (Å²) in [5.74, 6) is -0.450. The van der Waals surface area contributed by atoms with Gasteiger partial charge in [-0.3, -0.25) is 5.73 Å². The molecule has 0 fully saturated rings. The van der Waals surface area contributed by atoms with Gasteiger partial charge in [-0.2, -0.15) is 0 Å². The van der Waals surface area contributed by atoms with E-state index in [2.05, 4.69) is 13.5 Å². The second kappa shape index (κ2) is 5.92. The van der Waals surface area contributed by atoms with Crippen LogP contribution in [0.4, 0.5) is 0 Å². The van der Waals surface area contributed by atoms with Crippen LogP contribution in [0.2, 0.25) is 0 Å². The molecule has 0 aliphatic rings. The second-order valence-corrected chi connectivity index (χ2v) is 2.32. The van der Waals surface area contributed by atoms with Gasteiger partial charge in [-0.15, -0.1) is 0 Å². The average Bonchev–Trinajstić information content (AvgIpc) is 2.00. The molecule has 0 saturated heterocycles. The molecule has 2 N–H and O–H groups in total. The highest BCUT2D eigenvalue weighted by atomic mass is 16.6. The third-order valence-electron chi connectivity index (χ3n) is 1.28. The van der Waals surface area contributed by atoms with Crippen molar-refractivity contribution in [2.75, 3.05) is 0 Å². The average molecular weight is 157 g/mol. The fraction of sp³-hybridized carbons (Fsp3) is 0.625. The van der Waals surface area contributed by atoms with Gasteiger partial charge in [0.2, 0.25) is 0 Å². The Morgan fingerprint density at radius 2 is 2.45 bits per heavy atom. The number of carbonyl (C=O) groups is 1. The summed E-state index contributed by atoms with van der Waals surface area (Å²) in [4.78, 5) is 10.6. The summed E-state index contributed by atoms with van der Waals surface area (Å²) in [7, 11) is 0. The number of esters is 1. The van der Waals surface area contributed by atoms with Crippen molar-refractivity contribution in [3.8, 4) is 0 Å². The molecule has 0 amide bonds. The Kier molecular flexibility index (Phi) is 5.47. The van der Waals surface area contributed by atoms with Crippen molar-refractivity contribution in [2.24, 2.45) is 5.73 Å². The normalized spacial score (nSPS) is 12.2. The Morgan fingerprint density at radius 1 is 1.82 bits per heavy atom. The van der Waals surface area contributed by atoms with Gasteiger partial charge in [0, 0.05) is 6.08 Å². The van der Waals surface area contributed by atoms with Gasteiger partial charge in [0.25, 0.3) is 0 Å². The number of rotatable bonds is 5. The minimum atomic E-state index is -0.472. The first-order chi connectivity index (χ1) is 5.20. The van der Waals surface area contributed by atoms with Crippen LogP contribution in [0.5, 0.6) is 0 Å². The molecule has 0 aliphatic carbocycles. The highest BCUT2D eigenvalue weighted by molar-refractivity contribution is 5.81. The van der Waals surface area contributed by atoms with Gasteiger partial charge < -0.3 is 4.74 Å². The Morgan fingerprint density at radius 3 is 2.91 bits per heavy atom. The highest BCUT2D eigenvalue weighted by Gasteiger charge is 2.04.